The van der Waals surface area contributed by atoms with Crippen LogP contribution in [-0.2, 0) is 0 Å². The molecule has 1 N–H and O–H groups in total. The SMILES string of the molecule is CCCNC(c1ccc(C)c(F)c1F)C1CCCCCC1. The summed E-state index contributed by atoms with van der Waals surface area (Å²) in [4.78, 5) is 0. The minimum atomic E-state index is -0.690. The molecule has 0 amide bonds. The smallest absolute Gasteiger partial charge is 0.163 e. The molecule has 0 bridgehead atoms. The number of halogens is 2. The van der Waals surface area contributed by atoms with E-state index in [2.05, 4.69) is 12.2 Å². The molecule has 0 spiro atoms. The summed E-state index contributed by atoms with van der Waals surface area (Å²) >= 11 is 0. The zero-order chi connectivity index (χ0) is 15.2. The minimum absolute atomic E-state index is 0.0573. The van der Waals surface area contributed by atoms with Crippen molar-refractivity contribution in [3.05, 3.63) is 34.9 Å². The molecule has 1 atom stereocenters. The zero-order valence-corrected chi connectivity index (χ0v) is 13.2. The first-order chi connectivity index (χ1) is 10.1. The van der Waals surface area contributed by atoms with Crippen molar-refractivity contribution in [2.45, 2.75) is 64.8 Å². The Labute approximate surface area is 127 Å². The van der Waals surface area contributed by atoms with Crippen LogP contribution < -0.4 is 5.32 Å². The lowest BCUT2D eigenvalue weighted by molar-refractivity contribution is 0.314. The highest BCUT2D eigenvalue weighted by Gasteiger charge is 2.27. The first-order valence-electron chi connectivity index (χ1n) is 8.33. The van der Waals surface area contributed by atoms with Crippen molar-refractivity contribution in [3.8, 4) is 0 Å². The van der Waals surface area contributed by atoms with Crippen LogP contribution in [0.25, 0.3) is 0 Å². The van der Waals surface area contributed by atoms with Crippen molar-refractivity contribution in [3.63, 3.8) is 0 Å². The van der Waals surface area contributed by atoms with E-state index in [4.69, 9.17) is 0 Å². The van der Waals surface area contributed by atoms with Crippen LogP contribution in [0.5, 0.6) is 0 Å². The molecule has 3 heteroatoms. The molecule has 1 nitrogen and oxygen atoms in total. The molecular weight excluding hydrogens is 268 g/mol. The molecule has 1 aromatic carbocycles. The van der Waals surface area contributed by atoms with E-state index in [1.807, 2.05) is 0 Å². The standard InChI is InChI=1S/C18H27F2N/c1-3-12-21-18(14-8-6-4-5-7-9-14)15-11-10-13(2)16(19)17(15)20/h10-11,14,18,21H,3-9,12H2,1-2H3. The van der Waals surface area contributed by atoms with Gasteiger partial charge >= 0.3 is 0 Å². The molecule has 0 saturated heterocycles. The van der Waals surface area contributed by atoms with Crippen molar-refractivity contribution < 1.29 is 8.78 Å². The molecule has 1 unspecified atom stereocenters. The molecule has 1 aliphatic carbocycles. The molecule has 1 saturated carbocycles. The van der Waals surface area contributed by atoms with Crippen molar-refractivity contribution in [2.24, 2.45) is 5.92 Å². The Morgan fingerprint density at radius 1 is 1.10 bits per heavy atom. The van der Waals surface area contributed by atoms with Crippen LogP contribution in [-0.4, -0.2) is 6.54 Å². The van der Waals surface area contributed by atoms with Gasteiger partial charge in [0.05, 0.1) is 0 Å². The largest absolute Gasteiger partial charge is 0.310 e. The van der Waals surface area contributed by atoms with Crippen LogP contribution in [0, 0.1) is 24.5 Å². The average molecular weight is 295 g/mol. The van der Waals surface area contributed by atoms with E-state index in [9.17, 15) is 8.78 Å². The Morgan fingerprint density at radius 2 is 1.76 bits per heavy atom. The number of nitrogens with one attached hydrogen (secondary N) is 1. The highest BCUT2D eigenvalue weighted by molar-refractivity contribution is 5.28. The van der Waals surface area contributed by atoms with E-state index in [0.717, 1.165) is 25.8 Å². The van der Waals surface area contributed by atoms with Gasteiger partial charge in [-0.05, 0) is 44.2 Å². The monoisotopic (exact) mass is 295 g/mol. The second-order valence-electron chi connectivity index (χ2n) is 6.28. The molecule has 118 valence electrons. The van der Waals surface area contributed by atoms with Gasteiger partial charge in [0.25, 0.3) is 0 Å². The van der Waals surface area contributed by atoms with E-state index in [1.54, 1.807) is 19.1 Å². The van der Waals surface area contributed by atoms with Gasteiger partial charge in [-0.3, -0.25) is 0 Å². The lowest BCUT2D eigenvalue weighted by Gasteiger charge is -2.28. The average Bonchev–Trinajstić information content (AvgIpc) is 2.76. The fraction of sp³-hybridized carbons (Fsp3) is 0.667. The first-order valence-corrected chi connectivity index (χ1v) is 8.33. The third kappa shape index (κ3) is 4.03. The summed E-state index contributed by atoms with van der Waals surface area (Å²) in [5.41, 5.74) is 0.893. The highest BCUT2D eigenvalue weighted by Crippen LogP contribution is 2.35. The predicted molar refractivity (Wildman–Crippen MR) is 83.3 cm³/mol. The summed E-state index contributed by atoms with van der Waals surface area (Å²) in [5.74, 6) is -0.937. The lowest BCUT2D eigenvalue weighted by Crippen LogP contribution is -2.30. The second-order valence-corrected chi connectivity index (χ2v) is 6.28. The zero-order valence-electron chi connectivity index (χ0n) is 13.2. The van der Waals surface area contributed by atoms with Crippen molar-refractivity contribution >= 4 is 0 Å². The van der Waals surface area contributed by atoms with Gasteiger partial charge < -0.3 is 5.32 Å². The van der Waals surface area contributed by atoms with Crippen molar-refractivity contribution in [2.75, 3.05) is 6.54 Å². The van der Waals surface area contributed by atoms with Gasteiger partial charge in [-0.25, -0.2) is 8.78 Å². The maximum atomic E-state index is 14.4. The van der Waals surface area contributed by atoms with E-state index >= 15 is 0 Å². The minimum Gasteiger partial charge on any atom is -0.310 e. The predicted octanol–water partition coefficient (Wildman–Crippen LogP) is 5.28. The maximum Gasteiger partial charge on any atom is 0.163 e. The van der Waals surface area contributed by atoms with Gasteiger partial charge in [0.1, 0.15) is 0 Å². The van der Waals surface area contributed by atoms with Crippen LogP contribution >= 0.6 is 0 Å². The summed E-state index contributed by atoms with van der Waals surface area (Å²) in [6.45, 7) is 4.56. The third-order valence-corrected chi connectivity index (χ3v) is 4.63. The summed E-state index contributed by atoms with van der Waals surface area (Å²) in [6, 6.07) is 3.41. The quantitative estimate of drug-likeness (QED) is 0.728. The van der Waals surface area contributed by atoms with Crippen molar-refractivity contribution in [1.29, 1.82) is 0 Å². The van der Waals surface area contributed by atoms with Gasteiger partial charge in [0.2, 0.25) is 0 Å². The van der Waals surface area contributed by atoms with E-state index < -0.39 is 11.6 Å². The Bertz CT molecular complexity index is 451. The number of hydrogen-bond acceptors (Lipinski definition) is 1. The van der Waals surface area contributed by atoms with E-state index in [1.165, 1.54) is 25.7 Å². The maximum absolute atomic E-state index is 14.4. The molecule has 1 fully saturated rings. The van der Waals surface area contributed by atoms with Crippen LogP contribution in [0.15, 0.2) is 12.1 Å². The van der Waals surface area contributed by atoms with Crippen LogP contribution in [0.3, 0.4) is 0 Å². The van der Waals surface area contributed by atoms with E-state index in [-0.39, 0.29) is 6.04 Å². The molecule has 0 aromatic heterocycles. The molecular formula is C18H27F2N. The molecule has 0 aliphatic heterocycles. The van der Waals surface area contributed by atoms with Crippen LogP contribution in [0.1, 0.15) is 69.0 Å². The summed E-state index contributed by atoms with van der Waals surface area (Å²) in [6.07, 6.45) is 8.14. The second kappa shape index (κ2) is 7.88. The fourth-order valence-electron chi connectivity index (χ4n) is 3.38. The van der Waals surface area contributed by atoms with Gasteiger partial charge in [-0.15, -0.1) is 0 Å². The topological polar surface area (TPSA) is 12.0 Å². The molecule has 1 aliphatic rings. The van der Waals surface area contributed by atoms with Crippen LogP contribution in [0.4, 0.5) is 8.78 Å². The number of rotatable bonds is 5. The molecule has 0 radical (unpaired) electrons. The van der Waals surface area contributed by atoms with Gasteiger partial charge in [-0.2, -0.15) is 0 Å². The summed E-state index contributed by atoms with van der Waals surface area (Å²) < 4.78 is 28.3. The molecule has 1 aromatic rings. The normalized spacial score (nSPS) is 18.5. The molecule has 21 heavy (non-hydrogen) atoms. The molecule has 0 heterocycles. The lowest BCUT2D eigenvalue weighted by atomic mass is 9.86. The number of aryl methyl sites for hydroxylation is 1. The number of hydrogen-bond donors (Lipinski definition) is 1. The van der Waals surface area contributed by atoms with Gasteiger partial charge in [0, 0.05) is 11.6 Å². The van der Waals surface area contributed by atoms with Crippen LogP contribution in [0.2, 0.25) is 0 Å². The third-order valence-electron chi connectivity index (χ3n) is 4.63. The molecule has 2 rings (SSSR count). The Kier molecular flexibility index (Phi) is 6.16. The first kappa shape index (κ1) is 16.4. The van der Waals surface area contributed by atoms with E-state index in [0.29, 0.717) is 17.0 Å². The Balaban J connectivity index is 2.28. The van der Waals surface area contributed by atoms with Gasteiger partial charge in [0.15, 0.2) is 11.6 Å². The Morgan fingerprint density at radius 3 is 2.38 bits per heavy atom. The fourth-order valence-corrected chi connectivity index (χ4v) is 3.38. The summed E-state index contributed by atoms with van der Waals surface area (Å²) in [7, 11) is 0. The Hall–Kier alpha value is -0.960. The summed E-state index contributed by atoms with van der Waals surface area (Å²) in [5, 5.41) is 3.46. The number of benzene rings is 1. The highest BCUT2D eigenvalue weighted by atomic mass is 19.2. The van der Waals surface area contributed by atoms with Crippen molar-refractivity contribution in [1.82, 2.24) is 5.32 Å². The van der Waals surface area contributed by atoms with Gasteiger partial charge in [-0.1, -0.05) is 44.7 Å².